The van der Waals surface area contributed by atoms with Crippen molar-refractivity contribution in [2.75, 3.05) is 18.4 Å². The molecule has 2 aromatic carbocycles. The number of nitrogens with zero attached hydrogens (tertiary/aromatic N) is 1. The molecule has 0 spiro atoms. The van der Waals surface area contributed by atoms with Crippen molar-refractivity contribution >= 4 is 29.9 Å². The standard InChI is InChI=1S/C21H24FN3O2.ClH/c22-17-6-8-18(9-7-17)24-20(26)16-10-12-25(13-11-16)21(27)19(23)14-15-4-2-1-3-5-15;/h1-9,16,19H,10-14,23H2,(H,24,26);1H/t19-;/m0./s1. The van der Waals surface area contributed by atoms with Crippen molar-refractivity contribution in [3.05, 3.63) is 66.0 Å². The summed E-state index contributed by atoms with van der Waals surface area (Å²) < 4.78 is 12.9. The molecule has 5 nitrogen and oxygen atoms in total. The first-order chi connectivity index (χ1) is 13.0. The molecule has 2 amide bonds. The molecule has 28 heavy (non-hydrogen) atoms. The van der Waals surface area contributed by atoms with Gasteiger partial charge in [0.05, 0.1) is 6.04 Å². The lowest BCUT2D eigenvalue weighted by molar-refractivity contribution is -0.135. The van der Waals surface area contributed by atoms with E-state index in [0.717, 1.165) is 5.56 Å². The average Bonchev–Trinajstić information content (AvgIpc) is 2.70. The summed E-state index contributed by atoms with van der Waals surface area (Å²) >= 11 is 0. The summed E-state index contributed by atoms with van der Waals surface area (Å²) in [7, 11) is 0. The van der Waals surface area contributed by atoms with Gasteiger partial charge in [-0.2, -0.15) is 0 Å². The minimum atomic E-state index is -0.572. The molecule has 2 aromatic rings. The highest BCUT2D eigenvalue weighted by atomic mass is 35.5. The smallest absolute Gasteiger partial charge is 0.239 e. The molecule has 1 saturated heterocycles. The number of likely N-dealkylation sites (tertiary alicyclic amines) is 1. The average molecular weight is 406 g/mol. The van der Waals surface area contributed by atoms with Crippen molar-refractivity contribution < 1.29 is 14.0 Å². The number of carbonyl (C=O) groups excluding carboxylic acids is 2. The van der Waals surface area contributed by atoms with Crippen LogP contribution in [0.2, 0.25) is 0 Å². The zero-order valence-electron chi connectivity index (χ0n) is 15.5. The molecule has 1 aliphatic heterocycles. The molecule has 7 heteroatoms. The number of hydrogen-bond donors (Lipinski definition) is 2. The van der Waals surface area contributed by atoms with Gasteiger partial charge in [0.25, 0.3) is 0 Å². The number of benzene rings is 2. The van der Waals surface area contributed by atoms with Gasteiger partial charge in [-0.25, -0.2) is 4.39 Å². The third kappa shape index (κ3) is 5.78. The summed E-state index contributed by atoms with van der Waals surface area (Å²) in [5.74, 6) is -0.672. The minimum absolute atomic E-state index is 0. The number of amides is 2. The molecular weight excluding hydrogens is 381 g/mol. The van der Waals surface area contributed by atoms with Crippen molar-refractivity contribution in [3.63, 3.8) is 0 Å². The topological polar surface area (TPSA) is 75.4 Å². The predicted molar refractivity (Wildman–Crippen MR) is 110 cm³/mol. The number of nitrogens with one attached hydrogen (secondary N) is 1. The highest BCUT2D eigenvalue weighted by Crippen LogP contribution is 2.20. The second-order valence-corrected chi connectivity index (χ2v) is 6.89. The van der Waals surface area contributed by atoms with Crippen LogP contribution in [0.5, 0.6) is 0 Å². The second kappa shape index (κ2) is 10.2. The molecule has 3 N–H and O–H groups in total. The maximum Gasteiger partial charge on any atom is 0.239 e. The molecule has 0 saturated carbocycles. The normalized spacial score (nSPS) is 15.4. The van der Waals surface area contributed by atoms with Crippen molar-refractivity contribution in [2.45, 2.75) is 25.3 Å². The van der Waals surface area contributed by atoms with Crippen LogP contribution < -0.4 is 11.1 Å². The third-order valence-corrected chi connectivity index (χ3v) is 4.90. The van der Waals surface area contributed by atoms with Crippen molar-refractivity contribution in [1.29, 1.82) is 0 Å². The summed E-state index contributed by atoms with van der Waals surface area (Å²) in [5.41, 5.74) is 7.70. The van der Waals surface area contributed by atoms with Crippen LogP contribution in [0.4, 0.5) is 10.1 Å². The Kier molecular flexibility index (Phi) is 7.96. The molecule has 0 bridgehead atoms. The minimum Gasteiger partial charge on any atom is -0.341 e. The molecular formula is C21H25ClFN3O2. The van der Waals surface area contributed by atoms with Crippen LogP contribution in [-0.2, 0) is 16.0 Å². The Morgan fingerprint density at radius 1 is 1.07 bits per heavy atom. The number of halogens is 2. The number of carbonyl (C=O) groups is 2. The van der Waals surface area contributed by atoms with Gasteiger partial charge in [0.2, 0.25) is 11.8 Å². The van der Waals surface area contributed by atoms with Gasteiger partial charge in [0.1, 0.15) is 5.82 Å². The van der Waals surface area contributed by atoms with Crippen LogP contribution in [0, 0.1) is 11.7 Å². The summed E-state index contributed by atoms with van der Waals surface area (Å²) in [6.45, 7) is 1.03. The van der Waals surface area contributed by atoms with Gasteiger partial charge in [-0.1, -0.05) is 30.3 Å². The Labute approximate surface area is 170 Å². The van der Waals surface area contributed by atoms with E-state index in [4.69, 9.17) is 5.73 Å². The van der Waals surface area contributed by atoms with Crippen LogP contribution in [-0.4, -0.2) is 35.8 Å². The molecule has 1 atom stereocenters. The molecule has 0 aromatic heterocycles. The highest BCUT2D eigenvalue weighted by Gasteiger charge is 2.29. The molecule has 150 valence electrons. The fourth-order valence-electron chi connectivity index (χ4n) is 3.33. The van der Waals surface area contributed by atoms with E-state index in [9.17, 15) is 14.0 Å². The highest BCUT2D eigenvalue weighted by molar-refractivity contribution is 5.92. The Bertz CT molecular complexity index is 778. The zero-order chi connectivity index (χ0) is 19.2. The van der Waals surface area contributed by atoms with E-state index in [1.165, 1.54) is 24.3 Å². The largest absolute Gasteiger partial charge is 0.341 e. The molecule has 3 rings (SSSR count). The van der Waals surface area contributed by atoms with Gasteiger partial charge in [-0.15, -0.1) is 12.4 Å². The summed E-state index contributed by atoms with van der Waals surface area (Å²) in [5, 5.41) is 2.80. The fourth-order valence-corrected chi connectivity index (χ4v) is 3.33. The van der Waals surface area contributed by atoms with E-state index in [1.807, 2.05) is 30.3 Å². The van der Waals surface area contributed by atoms with E-state index in [-0.39, 0.29) is 36.0 Å². The van der Waals surface area contributed by atoms with Crippen LogP contribution in [0.1, 0.15) is 18.4 Å². The molecule has 1 heterocycles. The van der Waals surface area contributed by atoms with Crippen molar-refractivity contribution in [3.8, 4) is 0 Å². The number of nitrogens with two attached hydrogens (primary N) is 1. The quantitative estimate of drug-likeness (QED) is 0.802. The van der Waals surface area contributed by atoms with Gasteiger partial charge < -0.3 is 16.0 Å². The lowest BCUT2D eigenvalue weighted by Crippen LogP contribution is -2.49. The van der Waals surface area contributed by atoms with Crippen molar-refractivity contribution in [1.82, 2.24) is 4.90 Å². The number of piperidine rings is 1. The number of rotatable bonds is 5. The first-order valence-corrected chi connectivity index (χ1v) is 9.17. The number of hydrogen-bond acceptors (Lipinski definition) is 3. The van der Waals surface area contributed by atoms with Gasteiger partial charge in [-0.05, 0) is 49.1 Å². The zero-order valence-corrected chi connectivity index (χ0v) is 16.3. The third-order valence-electron chi connectivity index (χ3n) is 4.90. The monoisotopic (exact) mass is 405 g/mol. The first kappa shape index (κ1) is 21.9. The van der Waals surface area contributed by atoms with E-state index >= 15 is 0 Å². The Morgan fingerprint density at radius 3 is 2.29 bits per heavy atom. The van der Waals surface area contributed by atoms with Crippen LogP contribution in [0.15, 0.2) is 54.6 Å². The van der Waals surface area contributed by atoms with Gasteiger partial charge in [0, 0.05) is 24.7 Å². The Morgan fingerprint density at radius 2 is 1.68 bits per heavy atom. The maximum atomic E-state index is 12.9. The second-order valence-electron chi connectivity index (χ2n) is 6.89. The maximum absolute atomic E-state index is 12.9. The molecule has 0 radical (unpaired) electrons. The molecule has 0 aliphatic carbocycles. The Balaban J connectivity index is 0.00000280. The van der Waals surface area contributed by atoms with E-state index in [2.05, 4.69) is 5.32 Å². The van der Waals surface area contributed by atoms with Crippen LogP contribution in [0.3, 0.4) is 0 Å². The predicted octanol–water partition coefficient (Wildman–Crippen LogP) is 2.99. The van der Waals surface area contributed by atoms with Gasteiger partial charge in [-0.3, -0.25) is 9.59 Å². The lowest BCUT2D eigenvalue weighted by Gasteiger charge is -2.33. The van der Waals surface area contributed by atoms with E-state index < -0.39 is 6.04 Å². The van der Waals surface area contributed by atoms with Crippen LogP contribution >= 0.6 is 12.4 Å². The van der Waals surface area contributed by atoms with Gasteiger partial charge in [0.15, 0.2) is 0 Å². The Hall–Kier alpha value is -2.44. The molecule has 0 unspecified atom stereocenters. The first-order valence-electron chi connectivity index (χ1n) is 9.17. The summed E-state index contributed by atoms with van der Waals surface area (Å²) in [6, 6.07) is 14.8. The fraction of sp³-hybridized carbons (Fsp3) is 0.333. The molecule has 1 fully saturated rings. The number of anilines is 1. The summed E-state index contributed by atoms with van der Waals surface area (Å²) in [6.07, 6.45) is 1.69. The van der Waals surface area contributed by atoms with Crippen LogP contribution in [0.25, 0.3) is 0 Å². The molecule has 1 aliphatic rings. The summed E-state index contributed by atoms with van der Waals surface area (Å²) in [4.78, 5) is 26.7. The van der Waals surface area contributed by atoms with Gasteiger partial charge >= 0.3 is 0 Å². The van der Waals surface area contributed by atoms with E-state index in [1.54, 1.807) is 4.90 Å². The SMILES string of the molecule is Cl.N[C@@H](Cc1ccccc1)C(=O)N1CCC(C(=O)Nc2ccc(F)cc2)CC1. The van der Waals surface area contributed by atoms with Crippen molar-refractivity contribution in [2.24, 2.45) is 11.7 Å². The lowest BCUT2D eigenvalue weighted by atomic mass is 9.95. The van der Waals surface area contributed by atoms with E-state index in [0.29, 0.717) is 38.0 Å².